The first kappa shape index (κ1) is 28.9. The van der Waals surface area contributed by atoms with Crippen molar-refractivity contribution in [3.05, 3.63) is 40.4 Å². The van der Waals surface area contributed by atoms with Gasteiger partial charge in [-0.15, -0.1) is 11.3 Å². The Morgan fingerprint density at radius 3 is 2.84 bits per heavy atom. The Balaban J connectivity index is 1.41. The number of halogens is 4. The van der Waals surface area contributed by atoms with Gasteiger partial charge < -0.3 is 15.4 Å². The van der Waals surface area contributed by atoms with Crippen LogP contribution in [0, 0.1) is 34.3 Å². The maximum Gasteiger partial charge on any atom is 0.319 e. The fourth-order valence-corrected chi connectivity index (χ4v) is 8.52. The lowest BCUT2D eigenvalue weighted by Gasteiger charge is -2.31. The Hall–Kier alpha value is -3.84. The molecule has 3 atom stereocenters. The molecule has 0 unspecified atom stereocenters. The van der Waals surface area contributed by atoms with Crippen molar-refractivity contribution in [2.75, 3.05) is 36.9 Å². The van der Waals surface area contributed by atoms with Gasteiger partial charge in [0.25, 0.3) is 0 Å². The van der Waals surface area contributed by atoms with Crippen molar-refractivity contribution in [2.45, 2.75) is 56.3 Å². The summed E-state index contributed by atoms with van der Waals surface area (Å²) in [5, 5.41) is 19.9. The van der Waals surface area contributed by atoms with Crippen LogP contribution in [-0.4, -0.2) is 58.9 Å². The molecule has 5 heterocycles. The molecular weight excluding hydrogens is 611 g/mol. The van der Waals surface area contributed by atoms with Crippen LogP contribution in [0.5, 0.6) is 6.01 Å². The average molecular weight is 638 g/mol. The first-order chi connectivity index (χ1) is 21.2. The van der Waals surface area contributed by atoms with E-state index in [2.05, 4.69) is 16.0 Å². The van der Waals surface area contributed by atoms with Crippen LogP contribution < -0.4 is 15.4 Å². The Morgan fingerprint density at radius 2 is 2.05 bits per heavy atom. The van der Waals surface area contributed by atoms with Gasteiger partial charge >= 0.3 is 6.01 Å². The Bertz CT molecular complexity index is 1910. The van der Waals surface area contributed by atoms with Gasteiger partial charge in [-0.05, 0) is 49.9 Å². The van der Waals surface area contributed by atoms with Crippen LogP contribution >= 0.6 is 22.9 Å². The van der Waals surface area contributed by atoms with E-state index in [9.17, 15) is 19.3 Å². The molecule has 44 heavy (non-hydrogen) atoms. The highest BCUT2D eigenvalue weighted by Crippen LogP contribution is 2.46. The summed E-state index contributed by atoms with van der Waals surface area (Å²) in [6.45, 7) is 1.90. The van der Waals surface area contributed by atoms with Crippen molar-refractivity contribution >= 4 is 54.7 Å². The number of alkyl halides is 1. The quantitative estimate of drug-likeness (QED) is 0.247. The highest BCUT2D eigenvalue weighted by atomic mass is 35.5. The fraction of sp³-hybridized carbons (Fsp3) is 0.419. The normalized spacial score (nSPS) is 23.4. The van der Waals surface area contributed by atoms with E-state index in [-0.39, 0.29) is 67.4 Å². The van der Waals surface area contributed by atoms with Gasteiger partial charge in [0, 0.05) is 41.9 Å². The predicted octanol–water partition coefficient (Wildman–Crippen LogP) is 6.73. The monoisotopic (exact) mass is 637 g/mol. The second kappa shape index (κ2) is 11.0. The fourth-order valence-electron chi connectivity index (χ4n) is 7.28. The van der Waals surface area contributed by atoms with Crippen LogP contribution in [0.3, 0.4) is 0 Å². The number of nitrogen functional groups attached to an aromatic ring is 1. The van der Waals surface area contributed by atoms with Gasteiger partial charge in [0.1, 0.15) is 41.0 Å². The smallest absolute Gasteiger partial charge is 0.319 e. The summed E-state index contributed by atoms with van der Waals surface area (Å²) < 4.78 is 52.3. The molecule has 0 radical (unpaired) electrons. The SMILES string of the molecule is N#CC[C@@H]1CCCN1c1nc(OC[C@@]23CCCN2C[C@H](F)C3)nc2c(F)c(-c3ccc(F)c4sc(N)c(C#N)c34)c(Cl)cc12. The molecule has 2 N–H and O–H groups in total. The van der Waals surface area contributed by atoms with Crippen molar-refractivity contribution < 1.29 is 17.9 Å². The molecule has 4 aromatic rings. The number of anilines is 2. The summed E-state index contributed by atoms with van der Waals surface area (Å²) in [4.78, 5) is 13.3. The first-order valence-electron chi connectivity index (χ1n) is 14.5. The number of hydrogen-bond donors (Lipinski definition) is 1. The molecule has 0 aliphatic carbocycles. The summed E-state index contributed by atoms with van der Waals surface area (Å²) in [6, 6.07) is 8.18. The molecule has 2 aromatic heterocycles. The van der Waals surface area contributed by atoms with Crippen molar-refractivity contribution in [3.8, 4) is 29.3 Å². The lowest BCUT2D eigenvalue weighted by atomic mass is 9.95. The number of hydrogen-bond acceptors (Lipinski definition) is 9. The lowest BCUT2D eigenvalue weighted by Crippen LogP contribution is -2.43. The zero-order chi connectivity index (χ0) is 30.7. The van der Waals surface area contributed by atoms with Gasteiger partial charge in [0.05, 0.1) is 33.3 Å². The van der Waals surface area contributed by atoms with E-state index < -0.39 is 23.3 Å². The largest absolute Gasteiger partial charge is 0.461 e. The highest BCUT2D eigenvalue weighted by Gasteiger charge is 2.49. The third kappa shape index (κ3) is 4.50. The number of nitrogens with zero attached hydrogens (tertiary/aromatic N) is 6. The molecule has 13 heteroatoms. The van der Waals surface area contributed by atoms with Gasteiger partial charge in [-0.1, -0.05) is 17.7 Å². The van der Waals surface area contributed by atoms with E-state index in [0.29, 0.717) is 30.7 Å². The molecule has 3 aliphatic heterocycles. The maximum absolute atomic E-state index is 16.8. The van der Waals surface area contributed by atoms with E-state index in [1.807, 2.05) is 11.0 Å². The zero-order valence-electron chi connectivity index (χ0n) is 23.5. The number of ether oxygens (including phenoxy) is 1. The minimum Gasteiger partial charge on any atom is -0.461 e. The molecule has 8 nitrogen and oxygen atoms in total. The number of aromatic nitrogens is 2. The molecule has 3 aliphatic rings. The van der Waals surface area contributed by atoms with Gasteiger partial charge in [0.15, 0.2) is 5.82 Å². The predicted molar refractivity (Wildman–Crippen MR) is 164 cm³/mol. The average Bonchev–Trinajstić information content (AvgIpc) is 3.75. The lowest BCUT2D eigenvalue weighted by molar-refractivity contribution is 0.107. The molecule has 0 saturated carbocycles. The van der Waals surface area contributed by atoms with Crippen LogP contribution in [0.2, 0.25) is 5.02 Å². The first-order valence-corrected chi connectivity index (χ1v) is 15.7. The Labute approximate surface area is 260 Å². The number of nitrogens with two attached hydrogens (primary N) is 1. The number of thiophene rings is 1. The van der Waals surface area contributed by atoms with E-state index in [1.165, 1.54) is 12.1 Å². The number of rotatable bonds is 6. The number of benzene rings is 2. The third-order valence-corrected chi connectivity index (χ3v) is 10.6. The van der Waals surface area contributed by atoms with Crippen molar-refractivity contribution in [3.63, 3.8) is 0 Å². The third-order valence-electron chi connectivity index (χ3n) is 9.25. The maximum atomic E-state index is 16.8. The Kier molecular flexibility index (Phi) is 7.19. The van der Waals surface area contributed by atoms with Crippen LogP contribution in [0.15, 0.2) is 18.2 Å². The minimum absolute atomic E-state index is 0.0200. The molecule has 0 amide bonds. The highest BCUT2D eigenvalue weighted by molar-refractivity contribution is 7.23. The molecule has 0 bridgehead atoms. The number of nitriles is 2. The van der Waals surface area contributed by atoms with Gasteiger partial charge in [-0.3, -0.25) is 4.90 Å². The standard InChI is InChI=1S/C31H27ClF3N7OS/c32-21-11-19-26(25(35)24(21)18-4-5-22(34)27-23(18)20(13-37)28(38)44-27)39-30(40-29(19)42-10-1-3-17(42)6-8-36)43-15-31-7-2-9-41(31)14-16(33)12-31/h4-5,11,16-17H,1-3,6-7,9-10,12,14-15,38H2/t16-,17+,31+/m1/s1. The topological polar surface area (TPSA) is 115 Å². The summed E-state index contributed by atoms with van der Waals surface area (Å²) >= 11 is 7.69. The molecule has 3 fully saturated rings. The van der Waals surface area contributed by atoms with E-state index >= 15 is 4.39 Å². The molecule has 3 saturated heterocycles. The summed E-state index contributed by atoms with van der Waals surface area (Å²) in [7, 11) is 0. The van der Waals surface area contributed by atoms with Crippen LogP contribution in [0.25, 0.3) is 32.1 Å². The van der Waals surface area contributed by atoms with Crippen molar-refractivity contribution in [1.82, 2.24) is 14.9 Å². The van der Waals surface area contributed by atoms with Crippen LogP contribution in [0.4, 0.5) is 24.0 Å². The van der Waals surface area contributed by atoms with Crippen LogP contribution in [-0.2, 0) is 0 Å². The van der Waals surface area contributed by atoms with E-state index in [1.54, 1.807) is 6.07 Å². The molecule has 226 valence electrons. The van der Waals surface area contributed by atoms with Crippen molar-refractivity contribution in [2.24, 2.45) is 0 Å². The Morgan fingerprint density at radius 1 is 1.20 bits per heavy atom. The second-order valence-electron chi connectivity index (χ2n) is 11.7. The van der Waals surface area contributed by atoms with Gasteiger partial charge in [0.2, 0.25) is 0 Å². The number of fused-ring (bicyclic) bond motifs is 3. The molecule has 0 spiro atoms. The van der Waals surface area contributed by atoms with Gasteiger partial charge in [-0.2, -0.15) is 20.5 Å². The molecular formula is C31H27ClF3N7OS. The van der Waals surface area contributed by atoms with Gasteiger partial charge in [-0.25, -0.2) is 13.2 Å². The van der Waals surface area contributed by atoms with E-state index in [0.717, 1.165) is 43.6 Å². The zero-order valence-corrected chi connectivity index (χ0v) is 25.1. The van der Waals surface area contributed by atoms with Crippen LogP contribution in [0.1, 0.15) is 44.1 Å². The minimum atomic E-state index is -0.942. The summed E-state index contributed by atoms with van der Waals surface area (Å²) in [6.07, 6.45) is 2.97. The molecule has 7 rings (SSSR count). The summed E-state index contributed by atoms with van der Waals surface area (Å²) in [5.41, 5.74) is 5.70. The van der Waals surface area contributed by atoms with Crippen molar-refractivity contribution in [1.29, 1.82) is 10.5 Å². The molecule has 2 aromatic carbocycles. The second-order valence-corrected chi connectivity index (χ2v) is 13.2. The van der Waals surface area contributed by atoms with E-state index in [4.69, 9.17) is 27.1 Å². The summed E-state index contributed by atoms with van der Waals surface area (Å²) in [5.74, 6) is -0.976.